The van der Waals surface area contributed by atoms with E-state index in [2.05, 4.69) is 10.1 Å². The molecule has 10 nitrogen and oxygen atoms in total. The fourth-order valence-corrected chi connectivity index (χ4v) is 4.17. The minimum atomic E-state index is -0.982. The molecule has 0 saturated carbocycles. The van der Waals surface area contributed by atoms with Crippen LogP contribution in [0.25, 0.3) is 5.52 Å². The second kappa shape index (κ2) is 8.05. The van der Waals surface area contributed by atoms with Crippen molar-refractivity contribution >= 4 is 17.5 Å². The van der Waals surface area contributed by atoms with Gasteiger partial charge in [-0.1, -0.05) is 30.3 Å². The van der Waals surface area contributed by atoms with Gasteiger partial charge in [-0.25, -0.2) is 14.3 Å². The van der Waals surface area contributed by atoms with E-state index in [1.807, 2.05) is 42.5 Å². The average Bonchev–Trinajstić information content (AvgIpc) is 3.45. The summed E-state index contributed by atoms with van der Waals surface area (Å²) in [5.41, 5.74) is 7.29. The number of carbonyl (C=O) groups excluding carboxylic acids is 1. The second-order valence-corrected chi connectivity index (χ2v) is 8.04. The predicted octanol–water partition coefficient (Wildman–Crippen LogP) is 2.58. The lowest BCUT2D eigenvalue weighted by molar-refractivity contribution is -0.139. The number of anilines is 1. The van der Waals surface area contributed by atoms with Crippen molar-refractivity contribution < 1.29 is 28.5 Å². The third-order valence-corrected chi connectivity index (χ3v) is 5.58. The Morgan fingerprint density at radius 3 is 2.88 bits per heavy atom. The number of rotatable bonds is 5. The maximum absolute atomic E-state index is 11.9. The monoisotopic (exact) mass is 440 g/mol. The topological polar surface area (TPSA) is 119 Å². The fraction of sp³-hybridized carbons (Fsp3) is 0.409. The van der Waals surface area contributed by atoms with Crippen molar-refractivity contribution in [1.29, 1.82) is 0 Å². The molecule has 2 saturated heterocycles. The highest BCUT2D eigenvalue weighted by molar-refractivity contribution is 5.65. The van der Waals surface area contributed by atoms with Crippen molar-refractivity contribution in [3.63, 3.8) is 0 Å². The summed E-state index contributed by atoms with van der Waals surface area (Å²) < 4.78 is 30.9. The van der Waals surface area contributed by atoms with Gasteiger partial charge in [-0.3, -0.25) is 0 Å². The number of ether oxygens (including phenoxy) is 5. The summed E-state index contributed by atoms with van der Waals surface area (Å²) in [4.78, 5) is 16.0. The Bertz CT molecular complexity index is 1120. The highest BCUT2D eigenvalue weighted by Crippen LogP contribution is 2.50. The minimum Gasteiger partial charge on any atom is -0.432 e. The van der Waals surface area contributed by atoms with E-state index < -0.39 is 30.3 Å². The van der Waals surface area contributed by atoms with Crippen molar-refractivity contribution in [2.24, 2.45) is 0 Å². The van der Waals surface area contributed by atoms with Crippen LogP contribution in [0, 0.1) is 0 Å². The molecular weight excluding hydrogens is 416 g/mol. The zero-order valence-corrected chi connectivity index (χ0v) is 17.7. The summed E-state index contributed by atoms with van der Waals surface area (Å²) in [6.07, 6.45) is -1.40. The van der Waals surface area contributed by atoms with Crippen LogP contribution in [0.4, 0.5) is 10.6 Å². The first kappa shape index (κ1) is 20.7. The summed E-state index contributed by atoms with van der Waals surface area (Å²) in [7, 11) is 0. The van der Waals surface area contributed by atoms with Gasteiger partial charge < -0.3 is 29.4 Å². The van der Waals surface area contributed by atoms with Crippen LogP contribution in [0.3, 0.4) is 0 Å². The van der Waals surface area contributed by atoms with Crippen LogP contribution in [0.1, 0.15) is 31.4 Å². The molecule has 4 atom stereocenters. The van der Waals surface area contributed by atoms with Gasteiger partial charge in [-0.2, -0.15) is 5.10 Å². The number of nitrogens with two attached hydrogens (primary N) is 1. The first-order chi connectivity index (χ1) is 15.5. The largest absolute Gasteiger partial charge is 0.508 e. The average molecular weight is 440 g/mol. The lowest BCUT2D eigenvalue weighted by Crippen LogP contribution is -2.41. The number of hydrogen-bond acceptors (Lipinski definition) is 9. The van der Waals surface area contributed by atoms with Crippen LogP contribution in [0.15, 0.2) is 48.8 Å². The molecule has 0 spiro atoms. The fourth-order valence-electron chi connectivity index (χ4n) is 4.17. The van der Waals surface area contributed by atoms with Gasteiger partial charge in [0.1, 0.15) is 30.7 Å². The van der Waals surface area contributed by atoms with Crippen LogP contribution in [-0.4, -0.2) is 52.3 Å². The summed E-state index contributed by atoms with van der Waals surface area (Å²) in [5, 5.41) is 4.36. The molecule has 2 aromatic heterocycles. The smallest absolute Gasteiger partial charge is 0.432 e. The van der Waals surface area contributed by atoms with Crippen LogP contribution < -0.4 is 5.73 Å². The number of benzene rings is 1. The molecule has 1 aromatic carbocycles. The predicted molar refractivity (Wildman–Crippen MR) is 112 cm³/mol. The van der Waals surface area contributed by atoms with Crippen molar-refractivity contribution in [3.8, 4) is 0 Å². The normalized spacial score (nSPS) is 27.0. The minimum absolute atomic E-state index is 0.0384. The van der Waals surface area contributed by atoms with Crippen molar-refractivity contribution in [1.82, 2.24) is 14.6 Å². The number of fused-ring (bicyclic) bond motifs is 2. The van der Waals surface area contributed by atoms with E-state index in [-0.39, 0.29) is 19.3 Å². The third-order valence-electron chi connectivity index (χ3n) is 5.58. The zero-order valence-electron chi connectivity index (χ0n) is 17.7. The Balaban J connectivity index is 1.48. The van der Waals surface area contributed by atoms with Gasteiger partial charge in [-0.15, -0.1) is 0 Å². The van der Waals surface area contributed by atoms with E-state index in [0.29, 0.717) is 11.3 Å². The molecule has 2 aliphatic heterocycles. The second-order valence-electron chi connectivity index (χ2n) is 8.04. The maximum Gasteiger partial charge on any atom is 0.508 e. The molecule has 2 N–H and O–H groups in total. The third kappa shape index (κ3) is 3.46. The molecule has 0 bridgehead atoms. The standard InChI is InChI=1S/C22H24N4O6/c1-13(2)30-21(27)28-10-16-18-22(11-29-16,32-20(31-18)14-6-4-3-5-7-14)17-9-8-15-19(23)24-12-25-26(15)17/h3-9,12-13,16,18,20H,10-11H2,1-2H3,(H2,23,24,25)/t16-,18-,20?,22?/m1/s1. The van der Waals surface area contributed by atoms with Gasteiger partial charge in [0.2, 0.25) is 0 Å². The summed E-state index contributed by atoms with van der Waals surface area (Å²) in [5.74, 6) is 0.355. The van der Waals surface area contributed by atoms with Crippen LogP contribution in [-0.2, 0) is 29.3 Å². The molecule has 0 aliphatic carbocycles. The molecule has 3 aromatic rings. The Kier molecular flexibility index (Phi) is 5.20. The molecule has 0 amide bonds. The lowest BCUT2D eigenvalue weighted by atomic mass is 9.93. The number of nitrogen functional groups attached to an aromatic ring is 1. The van der Waals surface area contributed by atoms with E-state index in [1.54, 1.807) is 18.4 Å². The highest BCUT2D eigenvalue weighted by atomic mass is 16.8. The van der Waals surface area contributed by atoms with E-state index >= 15 is 0 Å². The number of nitrogens with zero attached hydrogens (tertiary/aromatic N) is 3. The molecule has 2 aliphatic rings. The molecule has 2 fully saturated rings. The van der Waals surface area contributed by atoms with Crippen molar-refractivity contribution in [2.75, 3.05) is 18.9 Å². The SMILES string of the molecule is CC(C)OC(=O)OC[C@H]1OCC2(c3ccc4c(N)ncnn34)OC(c3ccccc3)O[C@H]12. The maximum atomic E-state index is 11.9. The number of aromatic nitrogens is 3. The molecule has 5 rings (SSSR count). The van der Waals surface area contributed by atoms with E-state index in [4.69, 9.17) is 29.4 Å². The van der Waals surface area contributed by atoms with Crippen LogP contribution in [0.2, 0.25) is 0 Å². The van der Waals surface area contributed by atoms with Gasteiger partial charge in [0.25, 0.3) is 0 Å². The first-order valence-corrected chi connectivity index (χ1v) is 10.4. The number of carbonyl (C=O) groups is 1. The van der Waals surface area contributed by atoms with E-state index in [1.165, 1.54) is 6.33 Å². The molecule has 2 unspecified atom stereocenters. The van der Waals surface area contributed by atoms with Gasteiger partial charge in [-0.05, 0) is 26.0 Å². The Morgan fingerprint density at radius 2 is 2.09 bits per heavy atom. The molecular formula is C22H24N4O6. The molecule has 168 valence electrons. The van der Waals surface area contributed by atoms with E-state index in [0.717, 1.165) is 11.3 Å². The lowest BCUT2D eigenvalue weighted by Gasteiger charge is -2.25. The molecule has 10 heteroatoms. The molecule has 32 heavy (non-hydrogen) atoms. The summed E-state index contributed by atoms with van der Waals surface area (Å²) in [6, 6.07) is 13.3. The van der Waals surface area contributed by atoms with Crippen LogP contribution in [0.5, 0.6) is 0 Å². The summed E-state index contributed by atoms with van der Waals surface area (Å²) >= 11 is 0. The Morgan fingerprint density at radius 1 is 1.28 bits per heavy atom. The molecule has 4 heterocycles. The molecule has 0 radical (unpaired) electrons. The number of hydrogen-bond donors (Lipinski definition) is 1. The summed E-state index contributed by atoms with van der Waals surface area (Å²) in [6.45, 7) is 3.65. The quantitative estimate of drug-likeness (QED) is 0.597. The van der Waals surface area contributed by atoms with E-state index in [9.17, 15) is 4.79 Å². The van der Waals surface area contributed by atoms with Gasteiger partial charge in [0.15, 0.2) is 17.7 Å². The zero-order chi connectivity index (χ0) is 22.3. The van der Waals surface area contributed by atoms with Gasteiger partial charge >= 0.3 is 6.16 Å². The van der Waals surface area contributed by atoms with Gasteiger partial charge in [0.05, 0.1) is 18.4 Å². The Hall–Kier alpha value is -3.21. The highest BCUT2D eigenvalue weighted by Gasteiger charge is 2.61. The Labute approximate surface area is 184 Å². The van der Waals surface area contributed by atoms with Crippen LogP contribution >= 0.6 is 0 Å². The van der Waals surface area contributed by atoms with Crippen molar-refractivity contribution in [2.45, 2.75) is 44.1 Å². The van der Waals surface area contributed by atoms with Crippen molar-refractivity contribution in [3.05, 3.63) is 60.0 Å². The van der Waals surface area contributed by atoms with Gasteiger partial charge in [0, 0.05) is 5.56 Å². The first-order valence-electron chi connectivity index (χ1n) is 10.4.